The molecule has 25 heavy (non-hydrogen) atoms. The summed E-state index contributed by atoms with van der Waals surface area (Å²) in [6, 6.07) is 5.28. The van der Waals surface area contributed by atoms with Crippen LogP contribution in [0.5, 0.6) is 11.5 Å². The number of ether oxygens (including phenoxy) is 2. The molecule has 0 spiro atoms. The topological polar surface area (TPSA) is 67.9 Å². The van der Waals surface area contributed by atoms with Gasteiger partial charge in [0.1, 0.15) is 0 Å². The number of carbonyl (C=O) groups is 2. The summed E-state index contributed by atoms with van der Waals surface area (Å²) >= 11 is 0. The van der Waals surface area contributed by atoms with Gasteiger partial charge >= 0.3 is 11.8 Å². The number of likely N-dealkylation sites (N-methyl/N-ethyl adjacent to an activating group) is 1. The van der Waals surface area contributed by atoms with Crippen molar-refractivity contribution in [2.45, 2.75) is 52.0 Å². The number of rotatable bonds is 6. The van der Waals surface area contributed by atoms with Crippen molar-refractivity contribution in [2.24, 2.45) is 0 Å². The number of nitrogens with zero attached hydrogens (tertiary/aromatic N) is 1. The molecule has 0 aromatic heterocycles. The first-order chi connectivity index (χ1) is 12.1. The summed E-state index contributed by atoms with van der Waals surface area (Å²) in [5.41, 5.74) is 0.516. The lowest BCUT2D eigenvalue weighted by atomic mass is 9.94. The van der Waals surface area contributed by atoms with Crippen LogP contribution in [-0.2, 0) is 9.59 Å². The lowest BCUT2D eigenvalue weighted by Crippen LogP contribution is -2.44. The maximum absolute atomic E-state index is 12.4. The highest BCUT2D eigenvalue weighted by Crippen LogP contribution is 2.30. The van der Waals surface area contributed by atoms with Gasteiger partial charge in [0.05, 0.1) is 13.2 Å². The van der Waals surface area contributed by atoms with E-state index in [2.05, 4.69) is 5.32 Å². The third kappa shape index (κ3) is 5.11. The summed E-state index contributed by atoms with van der Waals surface area (Å²) < 4.78 is 11.0. The smallest absolute Gasteiger partial charge is 0.313 e. The van der Waals surface area contributed by atoms with Gasteiger partial charge in [-0.2, -0.15) is 0 Å². The summed E-state index contributed by atoms with van der Waals surface area (Å²) in [7, 11) is 1.71. The lowest BCUT2D eigenvalue weighted by molar-refractivity contribution is -0.144. The number of carbonyl (C=O) groups excluding carboxylic acids is 2. The van der Waals surface area contributed by atoms with Gasteiger partial charge < -0.3 is 19.7 Å². The van der Waals surface area contributed by atoms with Crippen LogP contribution < -0.4 is 14.8 Å². The van der Waals surface area contributed by atoms with E-state index in [0.29, 0.717) is 30.4 Å². The van der Waals surface area contributed by atoms with Gasteiger partial charge in [0, 0.05) is 24.8 Å². The standard InChI is InChI=1S/C19H28N2O4/c1-4-24-16-12-11-14(13-17(16)25-5-2)20-18(22)19(23)21(3)15-9-7-6-8-10-15/h11-13,15H,4-10H2,1-3H3,(H,20,22). The molecule has 1 saturated carbocycles. The Morgan fingerprint density at radius 2 is 1.72 bits per heavy atom. The fraction of sp³-hybridized carbons (Fsp3) is 0.579. The Morgan fingerprint density at radius 3 is 2.36 bits per heavy atom. The third-order valence-electron chi connectivity index (χ3n) is 4.44. The Bertz CT molecular complexity index is 597. The molecule has 2 amide bonds. The largest absolute Gasteiger partial charge is 0.490 e. The quantitative estimate of drug-likeness (QED) is 0.802. The van der Waals surface area contributed by atoms with E-state index in [1.807, 2.05) is 13.8 Å². The SMILES string of the molecule is CCOc1ccc(NC(=O)C(=O)N(C)C2CCCCC2)cc1OCC. The van der Waals surface area contributed by atoms with Crippen molar-refractivity contribution in [1.29, 1.82) is 0 Å². The van der Waals surface area contributed by atoms with Gasteiger partial charge in [-0.05, 0) is 38.8 Å². The molecule has 0 unspecified atom stereocenters. The summed E-state index contributed by atoms with van der Waals surface area (Å²) in [6.07, 6.45) is 5.36. The first-order valence-corrected chi connectivity index (χ1v) is 9.04. The Labute approximate surface area is 149 Å². The maximum atomic E-state index is 12.4. The third-order valence-corrected chi connectivity index (χ3v) is 4.44. The molecule has 2 rings (SSSR count). The van der Waals surface area contributed by atoms with Crippen LogP contribution in [-0.4, -0.2) is 43.0 Å². The second kappa shape index (κ2) is 9.30. The number of anilines is 1. The van der Waals surface area contributed by atoms with Crippen LogP contribution in [0.15, 0.2) is 18.2 Å². The van der Waals surface area contributed by atoms with Crippen LogP contribution in [0, 0.1) is 0 Å². The van der Waals surface area contributed by atoms with E-state index in [4.69, 9.17) is 9.47 Å². The van der Waals surface area contributed by atoms with Crippen molar-refractivity contribution in [2.75, 3.05) is 25.6 Å². The fourth-order valence-electron chi connectivity index (χ4n) is 3.11. The first kappa shape index (κ1) is 19.1. The second-order valence-electron chi connectivity index (χ2n) is 6.19. The Balaban J connectivity index is 2.03. The van der Waals surface area contributed by atoms with Crippen molar-refractivity contribution < 1.29 is 19.1 Å². The van der Waals surface area contributed by atoms with Crippen molar-refractivity contribution in [3.63, 3.8) is 0 Å². The van der Waals surface area contributed by atoms with Crippen LogP contribution in [0.2, 0.25) is 0 Å². The minimum Gasteiger partial charge on any atom is -0.490 e. The summed E-state index contributed by atoms with van der Waals surface area (Å²) in [5, 5.41) is 2.66. The van der Waals surface area contributed by atoms with E-state index in [1.165, 1.54) is 6.42 Å². The molecule has 1 aliphatic rings. The molecule has 1 fully saturated rings. The van der Waals surface area contributed by atoms with Crippen molar-refractivity contribution in [3.05, 3.63) is 18.2 Å². The van der Waals surface area contributed by atoms with Gasteiger partial charge in [-0.3, -0.25) is 9.59 Å². The molecule has 1 N–H and O–H groups in total. The van der Waals surface area contributed by atoms with Crippen LogP contribution in [0.3, 0.4) is 0 Å². The Morgan fingerprint density at radius 1 is 1.08 bits per heavy atom. The molecule has 1 aliphatic carbocycles. The van der Waals surface area contributed by atoms with Gasteiger partial charge in [0.15, 0.2) is 11.5 Å². The molecule has 1 aromatic rings. The Kier molecular flexibility index (Phi) is 7.10. The number of hydrogen-bond acceptors (Lipinski definition) is 4. The zero-order valence-electron chi connectivity index (χ0n) is 15.3. The molecule has 6 heteroatoms. The van der Waals surface area contributed by atoms with E-state index in [9.17, 15) is 9.59 Å². The van der Waals surface area contributed by atoms with Crippen LogP contribution in [0.1, 0.15) is 46.0 Å². The van der Waals surface area contributed by atoms with Gasteiger partial charge in [0.25, 0.3) is 0 Å². The van der Waals surface area contributed by atoms with E-state index >= 15 is 0 Å². The zero-order chi connectivity index (χ0) is 18.2. The molecule has 1 aromatic carbocycles. The van der Waals surface area contributed by atoms with E-state index in [1.54, 1.807) is 30.1 Å². The van der Waals surface area contributed by atoms with Gasteiger partial charge in [0.2, 0.25) is 0 Å². The van der Waals surface area contributed by atoms with Gasteiger partial charge in [-0.1, -0.05) is 19.3 Å². The summed E-state index contributed by atoms with van der Waals surface area (Å²) in [5.74, 6) is 0.0432. The van der Waals surface area contributed by atoms with Gasteiger partial charge in [-0.25, -0.2) is 0 Å². The number of nitrogens with one attached hydrogen (secondary N) is 1. The fourth-order valence-corrected chi connectivity index (χ4v) is 3.11. The molecule has 0 aliphatic heterocycles. The molecule has 0 radical (unpaired) electrons. The molecule has 0 bridgehead atoms. The number of amides is 2. The molecule has 0 atom stereocenters. The first-order valence-electron chi connectivity index (χ1n) is 9.04. The predicted octanol–water partition coefficient (Wildman–Crippen LogP) is 3.21. The highest BCUT2D eigenvalue weighted by molar-refractivity contribution is 6.39. The molecule has 138 valence electrons. The second-order valence-corrected chi connectivity index (χ2v) is 6.19. The normalized spacial score (nSPS) is 14.7. The highest BCUT2D eigenvalue weighted by Gasteiger charge is 2.26. The maximum Gasteiger partial charge on any atom is 0.313 e. The van der Waals surface area contributed by atoms with Crippen LogP contribution in [0.25, 0.3) is 0 Å². The molecular formula is C19H28N2O4. The van der Waals surface area contributed by atoms with Crippen molar-refractivity contribution in [1.82, 2.24) is 4.90 Å². The van der Waals surface area contributed by atoms with Gasteiger partial charge in [-0.15, -0.1) is 0 Å². The zero-order valence-corrected chi connectivity index (χ0v) is 15.3. The van der Waals surface area contributed by atoms with E-state index in [0.717, 1.165) is 25.7 Å². The predicted molar refractivity (Wildman–Crippen MR) is 97.1 cm³/mol. The Hall–Kier alpha value is -2.24. The molecular weight excluding hydrogens is 320 g/mol. The number of hydrogen-bond donors (Lipinski definition) is 1. The molecule has 0 saturated heterocycles. The monoisotopic (exact) mass is 348 g/mol. The lowest BCUT2D eigenvalue weighted by Gasteiger charge is -2.30. The average Bonchev–Trinajstić information content (AvgIpc) is 2.63. The minimum absolute atomic E-state index is 0.159. The molecule has 0 heterocycles. The minimum atomic E-state index is -0.625. The number of benzene rings is 1. The van der Waals surface area contributed by atoms with E-state index in [-0.39, 0.29) is 6.04 Å². The van der Waals surface area contributed by atoms with Crippen LogP contribution in [0.4, 0.5) is 5.69 Å². The summed E-state index contributed by atoms with van der Waals surface area (Å²) in [6.45, 7) is 4.78. The van der Waals surface area contributed by atoms with Crippen LogP contribution >= 0.6 is 0 Å². The summed E-state index contributed by atoms with van der Waals surface area (Å²) in [4.78, 5) is 26.3. The molecule has 6 nitrogen and oxygen atoms in total. The van der Waals surface area contributed by atoms with Crippen molar-refractivity contribution >= 4 is 17.5 Å². The van der Waals surface area contributed by atoms with Crippen molar-refractivity contribution in [3.8, 4) is 11.5 Å². The average molecular weight is 348 g/mol. The highest BCUT2D eigenvalue weighted by atomic mass is 16.5. The van der Waals surface area contributed by atoms with E-state index < -0.39 is 11.8 Å².